The van der Waals surface area contributed by atoms with E-state index in [9.17, 15) is 4.79 Å². The third kappa shape index (κ3) is 4.21. The van der Waals surface area contributed by atoms with Gasteiger partial charge in [0.25, 0.3) is 0 Å². The zero-order valence-electron chi connectivity index (χ0n) is 13.4. The molecule has 0 saturated heterocycles. The Morgan fingerprint density at radius 1 is 1.12 bits per heavy atom. The van der Waals surface area contributed by atoms with E-state index in [1.807, 2.05) is 62.4 Å². The van der Waals surface area contributed by atoms with Gasteiger partial charge in [-0.05, 0) is 32.0 Å². The number of thioether (sulfide) groups is 1. The highest BCUT2D eigenvalue weighted by atomic mass is 32.2. The van der Waals surface area contributed by atoms with Crippen molar-refractivity contribution in [2.24, 2.45) is 0 Å². The van der Waals surface area contributed by atoms with E-state index in [-0.39, 0.29) is 11.2 Å². The van der Waals surface area contributed by atoms with Crippen LogP contribution in [-0.2, 0) is 4.79 Å². The van der Waals surface area contributed by atoms with Gasteiger partial charge in [0, 0.05) is 10.5 Å². The fraction of sp³-hybridized carbons (Fsp3) is 0.167. The molecule has 1 amide bonds. The van der Waals surface area contributed by atoms with Gasteiger partial charge in [0.1, 0.15) is 5.01 Å². The number of anilines is 1. The summed E-state index contributed by atoms with van der Waals surface area (Å²) in [4.78, 5) is 13.4. The summed E-state index contributed by atoms with van der Waals surface area (Å²) in [6.45, 7) is 3.92. The lowest BCUT2D eigenvalue weighted by Crippen LogP contribution is -2.22. The second kappa shape index (κ2) is 7.59. The highest BCUT2D eigenvalue weighted by Crippen LogP contribution is 2.28. The van der Waals surface area contributed by atoms with Crippen LogP contribution in [0.3, 0.4) is 0 Å². The minimum atomic E-state index is -0.210. The van der Waals surface area contributed by atoms with Crippen LogP contribution in [0, 0.1) is 6.92 Å². The van der Waals surface area contributed by atoms with Crippen molar-refractivity contribution in [2.45, 2.75) is 24.0 Å². The molecule has 4 nitrogen and oxygen atoms in total. The van der Waals surface area contributed by atoms with E-state index in [2.05, 4.69) is 21.6 Å². The Morgan fingerprint density at radius 2 is 1.92 bits per heavy atom. The van der Waals surface area contributed by atoms with Crippen LogP contribution in [0.4, 0.5) is 5.13 Å². The number of benzene rings is 2. The zero-order valence-corrected chi connectivity index (χ0v) is 15.0. The number of aromatic nitrogens is 2. The van der Waals surface area contributed by atoms with E-state index in [4.69, 9.17) is 0 Å². The van der Waals surface area contributed by atoms with Gasteiger partial charge in [-0.25, -0.2) is 0 Å². The molecule has 0 aliphatic heterocycles. The van der Waals surface area contributed by atoms with Crippen LogP contribution in [-0.4, -0.2) is 21.4 Å². The normalized spacial score (nSPS) is 11.9. The molecular weight excluding hydrogens is 338 g/mol. The van der Waals surface area contributed by atoms with Crippen molar-refractivity contribution in [3.05, 3.63) is 60.2 Å². The summed E-state index contributed by atoms with van der Waals surface area (Å²) < 4.78 is 0. The second-order valence-electron chi connectivity index (χ2n) is 5.34. The predicted molar refractivity (Wildman–Crippen MR) is 100 cm³/mol. The van der Waals surface area contributed by atoms with E-state index in [1.54, 1.807) is 0 Å². The Labute approximate surface area is 149 Å². The first-order chi connectivity index (χ1) is 11.6. The van der Waals surface area contributed by atoms with Gasteiger partial charge in [-0.1, -0.05) is 53.3 Å². The fourth-order valence-corrected chi connectivity index (χ4v) is 3.76. The molecule has 3 aromatic rings. The topological polar surface area (TPSA) is 54.9 Å². The van der Waals surface area contributed by atoms with Crippen molar-refractivity contribution in [3.8, 4) is 10.6 Å². The molecule has 3 rings (SSSR count). The lowest BCUT2D eigenvalue weighted by molar-refractivity contribution is -0.115. The number of amides is 1. The number of nitrogens with zero attached hydrogens (tertiary/aromatic N) is 2. The minimum Gasteiger partial charge on any atom is -0.300 e. The Kier molecular flexibility index (Phi) is 5.27. The Balaban J connectivity index is 1.65. The van der Waals surface area contributed by atoms with E-state index in [0.717, 1.165) is 15.5 Å². The monoisotopic (exact) mass is 355 g/mol. The van der Waals surface area contributed by atoms with Gasteiger partial charge >= 0.3 is 0 Å². The molecule has 0 fully saturated rings. The van der Waals surface area contributed by atoms with Crippen molar-refractivity contribution in [2.75, 3.05) is 5.32 Å². The van der Waals surface area contributed by atoms with Crippen LogP contribution in [0.5, 0.6) is 0 Å². The van der Waals surface area contributed by atoms with Gasteiger partial charge in [-0.3, -0.25) is 10.1 Å². The quantitative estimate of drug-likeness (QED) is 0.678. The molecule has 0 spiro atoms. The molecular formula is C18H17N3OS2. The van der Waals surface area contributed by atoms with Crippen LogP contribution in [0.2, 0.25) is 0 Å². The number of carbonyl (C=O) groups is 1. The first-order valence-electron chi connectivity index (χ1n) is 7.55. The largest absolute Gasteiger partial charge is 0.300 e. The summed E-state index contributed by atoms with van der Waals surface area (Å²) in [6, 6.07) is 18.0. The third-order valence-electron chi connectivity index (χ3n) is 3.35. The second-order valence-corrected chi connectivity index (χ2v) is 7.74. The lowest BCUT2D eigenvalue weighted by atomic mass is 10.1. The first kappa shape index (κ1) is 16.7. The molecule has 1 N–H and O–H groups in total. The molecule has 6 heteroatoms. The molecule has 1 unspecified atom stereocenters. The highest BCUT2D eigenvalue weighted by Gasteiger charge is 2.17. The van der Waals surface area contributed by atoms with E-state index < -0.39 is 0 Å². The average molecular weight is 355 g/mol. The van der Waals surface area contributed by atoms with Gasteiger partial charge < -0.3 is 0 Å². The number of hydrogen-bond donors (Lipinski definition) is 1. The summed E-state index contributed by atoms with van der Waals surface area (Å²) in [6.07, 6.45) is 0. The Morgan fingerprint density at radius 3 is 2.67 bits per heavy atom. The molecule has 1 heterocycles. The zero-order chi connectivity index (χ0) is 16.9. The van der Waals surface area contributed by atoms with Gasteiger partial charge in [-0.15, -0.1) is 22.0 Å². The summed E-state index contributed by atoms with van der Waals surface area (Å²) in [5.41, 5.74) is 2.18. The van der Waals surface area contributed by atoms with Crippen molar-refractivity contribution in [1.29, 1.82) is 0 Å². The molecule has 1 aromatic heterocycles. The number of hydrogen-bond acceptors (Lipinski definition) is 5. The summed E-state index contributed by atoms with van der Waals surface area (Å²) in [5, 5.41) is 12.2. The maximum atomic E-state index is 12.3. The third-order valence-corrected chi connectivity index (χ3v) is 5.35. The number of rotatable bonds is 5. The molecule has 0 aliphatic rings. The van der Waals surface area contributed by atoms with Crippen LogP contribution < -0.4 is 5.32 Å². The Bertz CT molecular complexity index is 833. The van der Waals surface area contributed by atoms with E-state index in [1.165, 1.54) is 28.7 Å². The first-order valence-corrected chi connectivity index (χ1v) is 9.24. The van der Waals surface area contributed by atoms with Crippen molar-refractivity contribution in [3.63, 3.8) is 0 Å². The van der Waals surface area contributed by atoms with E-state index >= 15 is 0 Å². The molecule has 122 valence electrons. The molecule has 24 heavy (non-hydrogen) atoms. The molecule has 0 aliphatic carbocycles. The standard InChI is InChI=1S/C18H17N3OS2/c1-12-7-6-8-14(11-12)17-20-21-18(24-17)19-16(22)13(2)23-15-9-4-3-5-10-15/h3-11,13H,1-2H3,(H,19,21,22). The maximum absolute atomic E-state index is 12.3. The van der Waals surface area contributed by atoms with Gasteiger partial charge in [0.05, 0.1) is 5.25 Å². The summed E-state index contributed by atoms with van der Waals surface area (Å²) in [5.74, 6) is -0.0733. The predicted octanol–water partition coefficient (Wildman–Crippen LogP) is 4.63. The van der Waals surface area contributed by atoms with Crippen LogP contribution in [0.25, 0.3) is 10.6 Å². The smallest absolute Gasteiger partial charge is 0.239 e. The van der Waals surface area contributed by atoms with Crippen molar-refractivity contribution < 1.29 is 4.79 Å². The molecule has 0 saturated carbocycles. The average Bonchev–Trinajstić information content (AvgIpc) is 3.04. The van der Waals surface area contributed by atoms with Gasteiger partial charge in [0.2, 0.25) is 11.0 Å². The van der Waals surface area contributed by atoms with Crippen LogP contribution in [0.15, 0.2) is 59.5 Å². The van der Waals surface area contributed by atoms with Crippen LogP contribution in [0.1, 0.15) is 12.5 Å². The molecule has 0 radical (unpaired) electrons. The van der Waals surface area contributed by atoms with Gasteiger partial charge in [-0.2, -0.15) is 0 Å². The van der Waals surface area contributed by atoms with Crippen molar-refractivity contribution >= 4 is 34.1 Å². The molecule has 2 aromatic carbocycles. The SMILES string of the molecule is Cc1cccc(-c2nnc(NC(=O)C(C)Sc3ccccc3)s2)c1. The number of carbonyl (C=O) groups excluding carboxylic acids is 1. The van der Waals surface area contributed by atoms with Gasteiger partial charge in [0.15, 0.2) is 0 Å². The summed E-state index contributed by atoms with van der Waals surface area (Å²) >= 11 is 2.90. The number of aryl methyl sites for hydroxylation is 1. The molecule has 0 bridgehead atoms. The minimum absolute atomic E-state index is 0.0733. The maximum Gasteiger partial charge on any atom is 0.239 e. The Hall–Kier alpha value is -2.18. The molecule has 1 atom stereocenters. The van der Waals surface area contributed by atoms with E-state index in [0.29, 0.717) is 5.13 Å². The van der Waals surface area contributed by atoms with Crippen LogP contribution >= 0.6 is 23.1 Å². The van der Waals surface area contributed by atoms with Crippen molar-refractivity contribution in [1.82, 2.24) is 10.2 Å². The summed E-state index contributed by atoms with van der Waals surface area (Å²) in [7, 11) is 0. The highest BCUT2D eigenvalue weighted by molar-refractivity contribution is 8.00. The fourth-order valence-electron chi connectivity index (χ4n) is 2.13. The lowest BCUT2D eigenvalue weighted by Gasteiger charge is -2.09. The number of nitrogens with one attached hydrogen (secondary N) is 1.